The van der Waals surface area contributed by atoms with Gasteiger partial charge in [-0.2, -0.15) is 0 Å². The molecule has 0 atom stereocenters. The summed E-state index contributed by atoms with van der Waals surface area (Å²) in [5, 5.41) is 10.8. The standard InChI is InChI=1S/C16H26O/c1-4-8-14-9-7-10-15(13-14)16(17,11-5-2)12-6-3/h7,9-10,13,17H,4-6,8,11-12H2,1-3H3. The molecule has 1 aromatic carbocycles. The number of benzene rings is 1. The molecule has 0 saturated heterocycles. The van der Waals surface area contributed by atoms with Gasteiger partial charge in [0.05, 0.1) is 5.60 Å². The van der Waals surface area contributed by atoms with Crippen LogP contribution in [0.3, 0.4) is 0 Å². The van der Waals surface area contributed by atoms with E-state index in [1.165, 1.54) is 5.56 Å². The van der Waals surface area contributed by atoms with Gasteiger partial charge in [0.15, 0.2) is 0 Å². The predicted octanol–water partition coefficient (Wildman–Crippen LogP) is 4.43. The molecule has 1 rings (SSSR count). The van der Waals surface area contributed by atoms with E-state index in [0.29, 0.717) is 0 Å². The number of aryl methyl sites for hydroxylation is 1. The highest BCUT2D eigenvalue weighted by molar-refractivity contribution is 5.28. The Balaban J connectivity index is 2.96. The lowest BCUT2D eigenvalue weighted by Crippen LogP contribution is -2.25. The minimum Gasteiger partial charge on any atom is -0.385 e. The summed E-state index contributed by atoms with van der Waals surface area (Å²) in [6.45, 7) is 6.46. The summed E-state index contributed by atoms with van der Waals surface area (Å²) < 4.78 is 0. The minimum absolute atomic E-state index is 0.618. The van der Waals surface area contributed by atoms with E-state index in [-0.39, 0.29) is 0 Å². The van der Waals surface area contributed by atoms with Gasteiger partial charge in [0.25, 0.3) is 0 Å². The van der Waals surface area contributed by atoms with Crippen LogP contribution in [0.5, 0.6) is 0 Å². The molecule has 0 saturated carbocycles. The maximum absolute atomic E-state index is 10.8. The number of aliphatic hydroxyl groups is 1. The van der Waals surface area contributed by atoms with Crippen molar-refractivity contribution in [1.82, 2.24) is 0 Å². The van der Waals surface area contributed by atoms with Crippen molar-refractivity contribution in [1.29, 1.82) is 0 Å². The summed E-state index contributed by atoms with van der Waals surface area (Å²) in [5.74, 6) is 0. The van der Waals surface area contributed by atoms with Crippen LogP contribution in [-0.2, 0) is 12.0 Å². The van der Waals surface area contributed by atoms with E-state index in [1.54, 1.807) is 0 Å². The summed E-state index contributed by atoms with van der Waals surface area (Å²) in [7, 11) is 0. The van der Waals surface area contributed by atoms with Crippen LogP contribution in [0.15, 0.2) is 24.3 Å². The number of hydrogen-bond acceptors (Lipinski definition) is 1. The van der Waals surface area contributed by atoms with Gasteiger partial charge in [0.1, 0.15) is 0 Å². The highest BCUT2D eigenvalue weighted by Crippen LogP contribution is 2.32. The second kappa shape index (κ2) is 6.80. The Morgan fingerprint density at radius 2 is 1.65 bits per heavy atom. The highest BCUT2D eigenvalue weighted by atomic mass is 16.3. The second-order valence-electron chi connectivity index (χ2n) is 4.98. The van der Waals surface area contributed by atoms with Gasteiger partial charge in [-0.3, -0.25) is 0 Å². The lowest BCUT2D eigenvalue weighted by molar-refractivity contribution is 0.0169. The van der Waals surface area contributed by atoms with E-state index in [9.17, 15) is 5.11 Å². The molecule has 0 bridgehead atoms. The van der Waals surface area contributed by atoms with Gasteiger partial charge in [-0.05, 0) is 30.4 Å². The summed E-state index contributed by atoms with van der Waals surface area (Å²) >= 11 is 0. The Morgan fingerprint density at radius 3 is 2.18 bits per heavy atom. The smallest absolute Gasteiger partial charge is 0.0896 e. The monoisotopic (exact) mass is 234 g/mol. The Kier molecular flexibility index (Phi) is 5.70. The number of rotatable bonds is 7. The Bertz CT molecular complexity index is 324. The molecule has 0 unspecified atom stereocenters. The maximum atomic E-state index is 10.8. The third kappa shape index (κ3) is 3.85. The van der Waals surface area contributed by atoms with E-state index < -0.39 is 5.60 Å². The van der Waals surface area contributed by atoms with Crippen LogP contribution in [-0.4, -0.2) is 5.11 Å². The van der Waals surface area contributed by atoms with Crippen molar-refractivity contribution in [3.63, 3.8) is 0 Å². The SMILES string of the molecule is CCCc1cccc(C(O)(CCC)CCC)c1. The zero-order valence-electron chi connectivity index (χ0n) is 11.5. The lowest BCUT2D eigenvalue weighted by atomic mass is 9.84. The number of hydrogen-bond donors (Lipinski definition) is 1. The molecule has 1 heteroatoms. The molecule has 0 aliphatic rings. The molecular formula is C16H26O. The first-order chi connectivity index (χ1) is 8.16. The molecule has 0 aliphatic carbocycles. The van der Waals surface area contributed by atoms with Crippen LogP contribution in [0.1, 0.15) is 64.0 Å². The normalized spacial score (nSPS) is 11.8. The molecule has 0 fully saturated rings. The predicted molar refractivity (Wildman–Crippen MR) is 74.1 cm³/mol. The quantitative estimate of drug-likeness (QED) is 0.740. The summed E-state index contributed by atoms with van der Waals surface area (Å²) in [4.78, 5) is 0. The van der Waals surface area contributed by atoms with E-state index in [2.05, 4.69) is 45.0 Å². The van der Waals surface area contributed by atoms with Crippen molar-refractivity contribution in [2.24, 2.45) is 0 Å². The molecular weight excluding hydrogens is 208 g/mol. The molecule has 0 amide bonds. The molecule has 0 radical (unpaired) electrons. The zero-order valence-corrected chi connectivity index (χ0v) is 11.5. The largest absolute Gasteiger partial charge is 0.385 e. The van der Waals surface area contributed by atoms with Gasteiger partial charge in [0, 0.05) is 0 Å². The average Bonchev–Trinajstić information content (AvgIpc) is 2.30. The zero-order chi connectivity index (χ0) is 12.7. The van der Waals surface area contributed by atoms with Crippen molar-refractivity contribution in [2.75, 3.05) is 0 Å². The van der Waals surface area contributed by atoms with E-state index in [1.807, 2.05) is 0 Å². The van der Waals surface area contributed by atoms with Crippen LogP contribution in [0, 0.1) is 0 Å². The topological polar surface area (TPSA) is 20.2 Å². The van der Waals surface area contributed by atoms with Crippen LogP contribution >= 0.6 is 0 Å². The first-order valence-electron chi connectivity index (χ1n) is 6.98. The Hall–Kier alpha value is -0.820. The summed E-state index contributed by atoms with van der Waals surface area (Å²) in [5.41, 5.74) is 1.83. The molecule has 0 spiro atoms. The maximum Gasteiger partial charge on any atom is 0.0896 e. The molecule has 17 heavy (non-hydrogen) atoms. The Labute approximate surface area is 106 Å². The van der Waals surface area contributed by atoms with Gasteiger partial charge >= 0.3 is 0 Å². The molecule has 1 aromatic rings. The first kappa shape index (κ1) is 14.2. The van der Waals surface area contributed by atoms with Crippen LogP contribution in [0.4, 0.5) is 0 Å². The fourth-order valence-electron chi connectivity index (χ4n) is 2.55. The van der Waals surface area contributed by atoms with Crippen molar-refractivity contribution in [3.05, 3.63) is 35.4 Å². The van der Waals surface area contributed by atoms with Crippen LogP contribution in [0.2, 0.25) is 0 Å². The Morgan fingerprint density at radius 1 is 1.00 bits per heavy atom. The van der Waals surface area contributed by atoms with Crippen molar-refractivity contribution in [2.45, 2.75) is 64.9 Å². The molecule has 1 N–H and O–H groups in total. The van der Waals surface area contributed by atoms with E-state index in [4.69, 9.17) is 0 Å². The van der Waals surface area contributed by atoms with Gasteiger partial charge in [-0.1, -0.05) is 64.3 Å². The molecule has 96 valence electrons. The van der Waals surface area contributed by atoms with Crippen molar-refractivity contribution in [3.8, 4) is 0 Å². The van der Waals surface area contributed by atoms with E-state index >= 15 is 0 Å². The van der Waals surface area contributed by atoms with Crippen molar-refractivity contribution < 1.29 is 5.11 Å². The van der Waals surface area contributed by atoms with Crippen LogP contribution in [0.25, 0.3) is 0 Å². The molecule has 0 heterocycles. The van der Waals surface area contributed by atoms with Crippen LogP contribution < -0.4 is 0 Å². The van der Waals surface area contributed by atoms with Gasteiger partial charge in [0.2, 0.25) is 0 Å². The molecule has 0 aliphatic heterocycles. The first-order valence-corrected chi connectivity index (χ1v) is 6.98. The molecule has 1 nitrogen and oxygen atoms in total. The second-order valence-corrected chi connectivity index (χ2v) is 4.98. The molecule has 0 aromatic heterocycles. The summed E-state index contributed by atoms with van der Waals surface area (Å²) in [6, 6.07) is 8.50. The third-order valence-corrected chi connectivity index (χ3v) is 3.33. The van der Waals surface area contributed by atoms with Gasteiger partial charge in [-0.25, -0.2) is 0 Å². The lowest BCUT2D eigenvalue weighted by Gasteiger charge is -2.28. The highest BCUT2D eigenvalue weighted by Gasteiger charge is 2.27. The minimum atomic E-state index is -0.618. The fraction of sp³-hybridized carbons (Fsp3) is 0.625. The van der Waals surface area contributed by atoms with E-state index in [0.717, 1.165) is 44.1 Å². The summed E-state index contributed by atoms with van der Waals surface area (Å²) in [6.07, 6.45) is 6.02. The third-order valence-electron chi connectivity index (χ3n) is 3.33. The van der Waals surface area contributed by atoms with Gasteiger partial charge in [-0.15, -0.1) is 0 Å². The average molecular weight is 234 g/mol. The van der Waals surface area contributed by atoms with Gasteiger partial charge < -0.3 is 5.11 Å². The fourth-order valence-corrected chi connectivity index (χ4v) is 2.55. The van der Waals surface area contributed by atoms with Crippen molar-refractivity contribution >= 4 is 0 Å².